The zero-order valence-electron chi connectivity index (χ0n) is 9.11. The van der Waals surface area contributed by atoms with E-state index in [2.05, 4.69) is 15.9 Å². The lowest BCUT2D eigenvalue weighted by Crippen LogP contribution is -2.18. The molecule has 2 unspecified atom stereocenters. The maximum Gasteiger partial charge on any atom is 0.127 e. The summed E-state index contributed by atoms with van der Waals surface area (Å²) >= 11 is 3.17. The Balaban J connectivity index is 2.91. The highest BCUT2D eigenvalue weighted by Crippen LogP contribution is 2.22. The van der Waals surface area contributed by atoms with Gasteiger partial charge in [-0.2, -0.15) is 5.26 Å². The first kappa shape index (κ1) is 14.1. The van der Waals surface area contributed by atoms with Crippen LogP contribution in [-0.2, 0) is 6.42 Å². The highest BCUT2D eigenvalue weighted by atomic mass is 79.9. The molecule has 0 radical (unpaired) electrons. The molecule has 92 valence electrons. The van der Waals surface area contributed by atoms with E-state index in [1.165, 1.54) is 18.2 Å². The molecule has 17 heavy (non-hydrogen) atoms. The van der Waals surface area contributed by atoms with Crippen LogP contribution in [-0.4, -0.2) is 21.6 Å². The molecule has 5 heteroatoms. The van der Waals surface area contributed by atoms with Gasteiger partial charge >= 0.3 is 0 Å². The van der Waals surface area contributed by atoms with Crippen molar-refractivity contribution in [3.63, 3.8) is 0 Å². The third kappa shape index (κ3) is 3.77. The predicted molar refractivity (Wildman–Crippen MR) is 65.1 cm³/mol. The van der Waals surface area contributed by atoms with Gasteiger partial charge in [0.25, 0.3) is 0 Å². The van der Waals surface area contributed by atoms with Gasteiger partial charge in [-0.05, 0) is 24.1 Å². The molecule has 0 aromatic heterocycles. The minimum absolute atomic E-state index is 0.0546. The second-order valence-corrected chi connectivity index (χ2v) is 4.47. The lowest BCUT2D eigenvalue weighted by Gasteiger charge is -2.17. The minimum atomic E-state index is -1.06. The second-order valence-electron chi connectivity index (χ2n) is 3.68. The van der Waals surface area contributed by atoms with Crippen LogP contribution < -0.4 is 0 Å². The van der Waals surface area contributed by atoms with Crippen LogP contribution in [0.25, 0.3) is 0 Å². The first-order valence-corrected chi connectivity index (χ1v) is 6.29. The predicted octanol–water partition coefficient (Wildman–Crippen LogP) is 2.07. The molecule has 0 saturated carbocycles. The molecule has 3 nitrogen and oxygen atoms in total. The van der Waals surface area contributed by atoms with Crippen LogP contribution in [0.5, 0.6) is 0 Å². The van der Waals surface area contributed by atoms with E-state index in [1.54, 1.807) is 0 Å². The summed E-state index contributed by atoms with van der Waals surface area (Å²) in [6, 6.07) is 5.89. The van der Waals surface area contributed by atoms with Crippen LogP contribution >= 0.6 is 15.9 Å². The molecule has 2 N–H and O–H groups in total. The zero-order valence-corrected chi connectivity index (χ0v) is 10.7. The summed E-state index contributed by atoms with van der Waals surface area (Å²) < 4.78 is 13.3. The van der Waals surface area contributed by atoms with Crippen molar-refractivity contribution in [3.05, 3.63) is 35.1 Å². The van der Waals surface area contributed by atoms with E-state index >= 15 is 0 Å². The molecule has 0 amide bonds. The van der Waals surface area contributed by atoms with E-state index < -0.39 is 18.0 Å². The minimum Gasteiger partial charge on any atom is -0.390 e. The van der Waals surface area contributed by atoms with Crippen LogP contribution in [0.4, 0.5) is 4.39 Å². The van der Waals surface area contributed by atoms with Crippen molar-refractivity contribution in [1.29, 1.82) is 5.26 Å². The third-order valence-electron chi connectivity index (χ3n) is 2.45. The lowest BCUT2D eigenvalue weighted by molar-refractivity contribution is 0.0173. The van der Waals surface area contributed by atoms with E-state index in [4.69, 9.17) is 5.26 Å². The number of alkyl halides is 1. The molecule has 1 aromatic carbocycles. The number of halogens is 2. The van der Waals surface area contributed by atoms with Gasteiger partial charge in [-0.3, -0.25) is 0 Å². The normalized spacial score (nSPS) is 14.1. The van der Waals surface area contributed by atoms with Gasteiger partial charge in [0.05, 0.1) is 18.6 Å². The molecule has 0 aliphatic rings. The zero-order chi connectivity index (χ0) is 12.8. The fourth-order valence-electron chi connectivity index (χ4n) is 1.49. The van der Waals surface area contributed by atoms with Gasteiger partial charge in [0.15, 0.2) is 0 Å². The molecular formula is C12H13BrFNO2. The Morgan fingerprint density at radius 2 is 2.12 bits per heavy atom. The van der Waals surface area contributed by atoms with Crippen LogP contribution in [0.2, 0.25) is 0 Å². The molecule has 1 rings (SSSR count). The first-order valence-electron chi connectivity index (χ1n) is 5.17. The van der Waals surface area contributed by atoms with Crippen molar-refractivity contribution in [2.45, 2.75) is 25.0 Å². The van der Waals surface area contributed by atoms with Gasteiger partial charge in [0.1, 0.15) is 11.9 Å². The van der Waals surface area contributed by atoms with Crippen molar-refractivity contribution in [2.24, 2.45) is 0 Å². The highest BCUT2D eigenvalue weighted by molar-refractivity contribution is 9.09. The molecule has 0 aliphatic carbocycles. The van der Waals surface area contributed by atoms with E-state index in [1.807, 2.05) is 6.07 Å². The van der Waals surface area contributed by atoms with Crippen molar-refractivity contribution in [2.75, 3.05) is 5.33 Å². The number of aliphatic hydroxyl groups excluding tert-OH is 2. The quantitative estimate of drug-likeness (QED) is 0.818. The fourth-order valence-corrected chi connectivity index (χ4v) is 1.96. The number of hydrogen-bond donors (Lipinski definition) is 2. The average Bonchev–Trinajstić information content (AvgIpc) is 2.31. The lowest BCUT2D eigenvalue weighted by atomic mass is 9.99. The Labute approximate surface area is 108 Å². The van der Waals surface area contributed by atoms with Crippen LogP contribution in [0, 0.1) is 17.1 Å². The summed E-state index contributed by atoms with van der Waals surface area (Å²) in [6.45, 7) is 0. The largest absolute Gasteiger partial charge is 0.390 e. The Hall–Kier alpha value is -0.960. The average molecular weight is 302 g/mol. The van der Waals surface area contributed by atoms with E-state index in [9.17, 15) is 14.6 Å². The molecule has 1 aromatic rings. The second kappa shape index (κ2) is 6.70. The number of rotatable bonds is 5. The van der Waals surface area contributed by atoms with Crippen LogP contribution in [0.1, 0.15) is 23.7 Å². The third-order valence-corrected chi connectivity index (χ3v) is 2.91. The van der Waals surface area contributed by atoms with Crippen molar-refractivity contribution >= 4 is 15.9 Å². The summed E-state index contributed by atoms with van der Waals surface area (Å²) in [5, 5.41) is 28.5. The standard InChI is InChI=1S/C12H13BrFNO2/c13-5-3-11(16)12(17)9-1-2-10(14)8(7-9)4-6-15/h1-2,7,11-12,16-17H,3-5H2. The molecule has 2 atom stereocenters. The van der Waals surface area contributed by atoms with Gasteiger partial charge in [0, 0.05) is 10.9 Å². The maximum atomic E-state index is 13.3. The van der Waals surface area contributed by atoms with E-state index in [0.29, 0.717) is 17.3 Å². The molecule has 0 spiro atoms. The van der Waals surface area contributed by atoms with Crippen molar-refractivity contribution < 1.29 is 14.6 Å². The van der Waals surface area contributed by atoms with Crippen molar-refractivity contribution in [1.82, 2.24) is 0 Å². The number of hydrogen-bond acceptors (Lipinski definition) is 3. The summed E-state index contributed by atoms with van der Waals surface area (Å²) in [5.41, 5.74) is 0.653. The van der Waals surface area contributed by atoms with Crippen LogP contribution in [0.15, 0.2) is 18.2 Å². The van der Waals surface area contributed by atoms with Crippen LogP contribution in [0.3, 0.4) is 0 Å². The summed E-state index contributed by atoms with van der Waals surface area (Å²) in [5.74, 6) is -0.475. The number of nitrogens with zero attached hydrogens (tertiary/aromatic N) is 1. The Kier molecular flexibility index (Phi) is 5.56. The van der Waals surface area contributed by atoms with E-state index in [0.717, 1.165) is 0 Å². The molecular weight excluding hydrogens is 289 g/mol. The smallest absolute Gasteiger partial charge is 0.127 e. The van der Waals surface area contributed by atoms with Gasteiger partial charge in [-0.15, -0.1) is 0 Å². The fraction of sp³-hybridized carbons (Fsp3) is 0.417. The molecule has 0 saturated heterocycles. The maximum absolute atomic E-state index is 13.3. The van der Waals surface area contributed by atoms with Gasteiger partial charge in [-0.25, -0.2) is 4.39 Å². The van der Waals surface area contributed by atoms with Gasteiger partial charge in [0.2, 0.25) is 0 Å². The molecule has 0 fully saturated rings. The summed E-state index contributed by atoms with van der Waals surface area (Å²) in [4.78, 5) is 0. The number of nitriles is 1. The van der Waals surface area contributed by atoms with Gasteiger partial charge < -0.3 is 10.2 Å². The number of benzene rings is 1. The summed E-state index contributed by atoms with van der Waals surface area (Å²) in [7, 11) is 0. The topological polar surface area (TPSA) is 64.2 Å². The first-order chi connectivity index (χ1) is 8.10. The SMILES string of the molecule is N#CCc1cc(C(O)C(O)CCBr)ccc1F. The highest BCUT2D eigenvalue weighted by Gasteiger charge is 2.18. The molecule has 0 bridgehead atoms. The van der Waals surface area contributed by atoms with E-state index in [-0.39, 0.29) is 12.0 Å². The summed E-state index contributed by atoms with van der Waals surface area (Å²) in [6.07, 6.45) is -1.63. The Morgan fingerprint density at radius 1 is 1.41 bits per heavy atom. The molecule has 0 heterocycles. The Morgan fingerprint density at radius 3 is 2.71 bits per heavy atom. The van der Waals surface area contributed by atoms with Gasteiger partial charge in [-0.1, -0.05) is 22.0 Å². The monoisotopic (exact) mass is 301 g/mol. The number of aliphatic hydroxyl groups is 2. The Bertz CT molecular complexity index is 419. The molecule has 0 aliphatic heterocycles. The van der Waals surface area contributed by atoms with Crippen molar-refractivity contribution in [3.8, 4) is 6.07 Å².